The van der Waals surface area contributed by atoms with Crippen molar-refractivity contribution in [2.24, 2.45) is 0 Å². The first kappa shape index (κ1) is 23.8. The Morgan fingerprint density at radius 1 is 1.24 bits per heavy atom. The number of thioether (sulfide) groups is 1. The lowest BCUT2D eigenvalue weighted by Crippen LogP contribution is -2.26. The lowest BCUT2D eigenvalue weighted by molar-refractivity contribution is -0.137. The third-order valence-electron chi connectivity index (χ3n) is 5.39. The number of ether oxygens (including phenoxy) is 1. The highest BCUT2D eigenvalue weighted by atomic mass is 32.2. The molecule has 3 aromatic rings. The fourth-order valence-corrected chi connectivity index (χ4v) is 5.91. The lowest BCUT2D eigenvalue weighted by atomic mass is 9.97. The minimum atomic E-state index is -4.43. The Hall–Kier alpha value is -2.37. The van der Waals surface area contributed by atoms with Gasteiger partial charge < -0.3 is 10.1 Å². The molecule has 4 rings (SSSR count). The van der Waals surface area contributed by atoms with Crippen LogP contribution in [-0.2, 0) is 35.1 Å². The number of fused-ring (bicyclic) bond motifs is 3. The van der Waals surface area contributed by atoms with E-state index in [1.807, 2.05) is 0 Å². The molecule has 2 aromatic heterocycles. The summed E-state index contributed by atoms with van der Waals surface area (Å²) in [5.41, 5.74) is 0.455. The van der Waals surface area contributed by atoms with Gasteiger partial charge in [0, 0.05) is 17.7 Å². The number of anilines is 1. The lowest BCUT2D eigenvalue weighted by Gasteiger charge is -2.13. The maximum absolute atomic E-state index is 13.3. The van der Waals surface area contributed by atoms with E-state index >= 15 is 0 Å². The fraction of sp³-hybridized carbons (Fsp3) is 0.409. The minimum Gasteiger partial charge on any atom is -0.383 e. The van der Waals surface area contributed by atoms with E-state index in [1.54, 1.807) is 11.7 Å². The predicted molar refractivity (Wildman–Crippen MR) is 123 cm³/mol. The van der Waals surface area contributed by atoms with Gasteiger partial charge in [0.15, 0.2) is 5.16 Å². The van der Waals surface area contributed by atoms with Crippen LogP contribution in [0.15, 0.2) is 34.2 Å². The van der Waals surface area contributed by atoms with Crippen LogP contribution in [0.4, 0.5) is 18.9 Å². The topological polar surface area (TPSA) is 73.2 Å². The molecule has 1 aliphatic rings. The number of nitrogens with one attached hydrogen (secondary N) is 1. The van der Waals surface area contributed by atoms with Crippen molar-refractivity contribution in [1.82, 2.24) is 9.55 Å². The van der Waals surface area contributed by atoms with Gasteiger partial charge in [-0.15, -0.1) is 11.3 Å². The number of aromatic nitrogens is 2. The number of halogens is 3. The molecule has 0 atom stereocenters. The Bertz CT molecular complexity index is 1220. The summed E-state index contributed by atoms with van der Waals surface area (Å²) in [7, 11) is 1.55. The molecule has 1 aromatic carbocycles. The van der Waals surface area contributed by atoms with Gasteiger partial charge in [-0.05, 0) is 55.5 Å². The highest BCUT2D eigenvalue weighted by molar-refractivity contribution is 7.99. The number of nitrogens with zero attached hydrogens (tertiary/aromatic N) is 2. The van der Waals surface area contributed by atoms with Crippen molar-refractivity contribution in [3.05, 3.63) is 50.6 Å². The fourth-order valence-electron chi connectivity index (χ4n) is 3.78. The molecular formula is C22H22F3N3O3S2. The van der Waals surface area contributed by atoms with E-state index in [4.69, 9.17) is 9.72 Å². The molecule has 0 aliphatic heterocycles. The normalized spacial score (nSPS) is 13.8. The van der Waals surface area contributed by atoms with Crippen LogP contribution in [0.1, 0.15) is 28.8 Å². The molecule has 0 bridgehead atoms. The molecule has 1 amide bonds. The Morgan fingerprint density at radius 3 is 2.67 bits per heavy atom. The first-order chi connectivity index (χ1) is 15.8. The molecule has 0 saturated carbocycles. The molecule has 0 unspecified atom stereocenters. The first-order valence-electron chi connectivity index (χ1n) is 10.4. The maximum Gasteiger partial charge on any atom is 0.416 e. The van der Waals surface area contributed by atoms with Crippen molar-refractivity contribution in [3.63, 3.8) is 0 Å². The van der Waals surface area contributed by atoms with Gasteiger partial charge in [0.05, 0.1) is 29.9 Å². The molecule has 11 heteroatoms. The summed E-state index contributed by atoms with van der Waals surface area (Å²) >= 11 is 2.66. The standard InChI is InChI=1S/C22H22F3N3O3S2/c1-31-11-10-28-20(30)18-15-4-2-3-5-16(15)33-19(18)27-21(28)32-12-17(29)26-14-8-6-13(7-9-14)22(23,24)25/h6-9H,2-5,10-12H2,1H3,(H,26,29). The number of hydrogen-bond acceptors (Lipinski definition) is 6. The molecule has 0 radical (unpaired) electrons. The predicted octanol–water partition coefficient (Wildman–Crippen LogP) is 4.73. The van der Waals surface area contributed by atoms with Crippen molar-refractivity contribution < 1.29 is 22.7 Å². The van der Waals surface area contributed by atoms with Gasteiger partial charge in [0.25, 0.3) is 5.56 Å². The van der Waals surface area contributed by atoms with E-state index in [2.05, 4.69) is 5.32 Å². The van der Waals surface area contributed by atoms with Crippen molar-refractivity contribution in [2.75, 3.05) is 24.8 Å². The summed E-state index contributed by atoms with van der Waals surface area (Å²) < 4.78 is 44.8. The Morgan fingerprint density at radius 2 is 1.97 bits per heavy atom. The summed E-state index contributed by atoms with van der Waals surface area (Å²) in [4.78, 5) is 32.3. The van der Waals surface area contributed by atoms with Crippen LogP contribution >= 0.6 is 23.1 Å². The number of carbonyl (C=O) groups excluding carboxylic acids is 1. The number of hydrogen-bond donors (Lipinski definition) is 1. The van der Waals surface area contributed by atoms with Gasteiger partial charge in [-0.25, -0.2) is 4.98 Å². The minimum absolute atomic E-state index is 0.0446. The second kappa shape index (κ2) is 9.86. The van der Waals surface area contributed by atoms with Gasteiger partial charge in [-0.1, -0.05) is 11.8 Å². The quantitative estimate of drug-likeness (QED) is 0.377. The van der Waals surface area contributed by atoms with Crippen LogP contribution in [0.2, 0.25) is 0 Å². The van der Waals surface area contributed by atoms with Crippen LogP contribution in [0.3, 0.4) is 0 Å². The van der Waals surface area contributed by atoms with Gasteiger partial charge in [-0.3, -0.25) is 14.2 Å². The smallest absolute Gasteiger partial charge is 0.383 e. The number of carbonyl (C=O) groups is 1. The SMILES string of the molecule is COCCn1c(SCC(=O)Nc2ccc(C(F)(F)F)cc2)nc2sc3c(c2c1=O)CCCC3. The van der Waals surface area contributed by atoms with Gasteiger partial charge >= 0.3 is 6.18 Å². The number of methoxy groups -OCH3 is 1. The number of amides is 1. The number of aryl methyl sites for hydroxylation is 2. The van der Waals surface area contributed by atoms with E-state index < -0.39 is 17.6 Å². The van der Waals surface area contributed by atoms with Gasteiger partial charge in [-0.2, -0.15) is 13.2 Å². The molecule has 0 fully saturated rings. The number of rotatable bonds is 7. The molecule has 1 N–H and O–H groups in total. The molecule has 2 heterocycles. The number of benzene rings is 1. The number of thiophene rings is 1. The van der Waals surface area contributed by atoms with E-state index in [-0.39, 0.29) is 17.0 Å². The monoisotopic (exact) mass is 497 g/mol. The van der Waals surface area contributed by atoms with E-state index in [9.17, 15) is 22.8 Å². The summed E-state index contributed by atoms with van der Waals surface area (Å²) in [5, 5.41) is 3.67. The highest BCUT2D eigenvalue weighted by Gasteiger charge is 2.30. The summed E-state index contributed by atoms with van der Waals surface area (Å²) in [5.74, 6) is -0.449. The Labute approximate surface area is 196 Å². The Kier molecular flexibility index (Phi) is 7.10. The van der Waals surface area contributed by atoms with E-state index in [1.165, 1.54) is 28.3 Å². The third kappa shape index (κ3) is 5.25. The van der Waals surface area contributed by atoms with Crippen molar-refractivity contribution in [3.8, 4) is 0 Å². The van der Waals surface area contributed by atoms with Crippen molar-refractivity contribution >= 4 is 44.9 Å². The second-order valence-electron chi connectivity index (χ2n) is 7.65. The maximum atomic E-state index is 13.3. The molecule has 1 aliphatic carbocycles. The zero-order valence-electron chi connectivity index (χ0n) is 17.8. The zero-order valence-corrected chi connectivity index (χ0v) is 19.5. The van der Waals surface area contributed by atoms with Gasteiger partial charge in [0.2, 0.25) is 5.91 Å². The van der Waals surface area contributed by atoms with Crippen LogP contribution < -0.4 is 10.9 Å². The van der Waals surface area contributed by atoms with Crippen molar-refractivity contribution in [1.29, 1.82) is 0 Å². The average molecular weight is 498 g/mol. The average Bonchev–Trinajstić information content (AvgIpc) is 3.15. The van der Waals surface area contributed by atoms with Crippen molar-refractivity contribution in [2.45, 2.75) is 43.6 Å². The molecule has 0 spiro atoms. The Balaban J connectivity index is 1.53. The molecule has 6 nitrogen and oxygen atoms in total. The third-order valence-corrected chi connectivity index (χ3v) is 7.55. The van der Waals surface area contributed by atoms with Crippen LogP contribution in [0, 0.1) is 0 Å². The second-order valence-corrected chi connectivity index (χ2v) is 9.67. The summed E-state index contributed by atoms with van der Waals surface area (Å²) in [6.45, 7) is 0.635. The summed E-state index contributed by atoms with van der Waals surface area (Å²) in [6.07, 6.45) is -0.458. The van der Waals surface area contributed by atoms with Gasteiger partial charge in [0.1, 0.15) is 4.83 Å². The number of alkyl halides is 3. The highest BCUT2D eigenvalue weighted by Crippen LogP contribution is 2.35. The molecule has 176 valence electrons. The zero-order chi connectivity index (χ0) is 23.6. The molecule has 0 saturated heterocycles. The van der Waals surface area contributed by atoms with E-state index in [0.29, 0.717) is 28.5 Å². The van der Waals surface area contributed by atoms with E-state index in [0.717, 1.165) is 55.1 Å². The molecule has 33 heavy (non-hydrogen) atoms. The van der Waals surface area contributed by atoms with Crippen LogP contribution in [-0.4, -0.2) is 34.9 Å². The van der Waals surface area contributed by atoms with Crippen LogP contribution in [0.25, 0.3) is 10.2 Å². The first-order valence-corrected chi connectivity index (χ1v) is 12.2. The summed E-state index contributed by atoms with van der Waals surface area (Å²) in [6, 6.07) is 4.25. The molecular weight excluding hydrogens is 475 g/mol. The van der Waals surface area contributed by atoms with Crippen LogP contribution in [0.5, 0.6) is 0 Å². The largest absolute Gasteiger partial charge is 0.416 e.